The minimum absolute atomic E-state index is 0.430. The maximum absolute atomic E-state index is 2.69. The van der Waals surface area contributed by atoms with Gasteiger partial charge in [-0.1, -0.05) is 12.8 Å². The van der Waals surface area contributed by atoms with E-state index in [4.69, 9.17) is 0 Å². The summed E-state index contributed by atoms with van der Waals surface area (Å²) >= 11 is 0. The van der Waals surface area contributed by atoms with Crippen molar-refractivity contribution < 1.29 is 0 Å². The fraction of sp³-hybridized carbons (Fsp3) is 1.00. The highest BCUT2D eigenvalue weighted by Gasteiger charge is 2.52. The van der Waals surface area contributed by atoms with Crippen molar-refractivity contribution in [1.82, 2.24) is 4.90 Å². The molecule has 1 aliphatic heterocycles. The van der Waals surface area contributed by atoms with Crippen molar-refractivity contribution in [1.29, 1.82) is 0 Å². The van der Waals surface area contributed by atoms with Crippen LogP contribution in [0.4, 0.5) is 0 Å². The van der Waals surface area contributed by atoms with Crippen LogP contribution in [0.3, 0.4) is 0 Å². The summed E-state index contributed by atoms with van der Waals surface area (Å²) in [5.74, 6) is 0. The first-order valence-corrected chi connectivity index (χ1v) is 4.89. The molecule has 0 spiro atoms. The number of hydrogen-bond acceptors (Lipinski definition) is 1. The van der Waals surface area contributed by atoms with Crippen LogP contribution in [0.15, 0.2) is 0 Å². The summed E-state index contributed by atoms with van der Waals surface area (Å²) < 4.78 is 0. The van der Waals surface area contributed by atoms with E-state index in [0.29, 0.717) is 5.54 Å². The molecule has 1 nitrogen and oxygen atoms in total. The van der Waals surface area contributed by atoms with E-state index in [1.807, 2.05) is 0 Å². The molecule has 1 saturated carbocycles. The SMILES string of the molecule is CC(C)(C)N1[C@@H]2CCCC[C@H]21. The average molecular weight is 153 g/mol. The lowest BCUT2D eigenvalue weighted by Gasteiger charge is -2.21. The molecule has 0 unspecified atom stereocenters. The van der Waals surface area contributed by atoms with E-state index in [1.165, 1.54) is 25.7 Å². The largest absolute Gasteiger partial charge is 0.289 e. The first-order valence-electron chi connectivity index (χ1n) is 4.89. The highest BCUT2D eigenvalue weighted by Crippen LogP contribution is 2.45. The molecule has 0 aromatic rings. The predicted octanol–water partition coefficient (Wildman–Crippen LogP) is 2.41. The summed E-state index contributed by atoms with van der Waals surface area (Å²) in [5.41, 5.74) is 0.430. The van der Waals surface area contributed by atoms with Gasteiger partial charge in [-0.3, -0.25) is 4.90 Å². The lowest BCUT2D eigenvalue weighted by atomic mass is 10.0. The van der Waals surface area contributed by atoms with Crippen LogP contribution in [-0.4, -0.2) is 22.5 Å². The van der Waals surface area contributed by atoms with Crippen molar-refractivity contribution in [2.24, 2.45) is 0 Å². The zero-order valence-corrected chi connectivity index (χ0v) is 7.93. The summed E-state index contributed by atoms with van der Waals surface area (Å²) in [4.78, 5) is 2.69. The molecule has 0 aromatic heterocycles. The van der Waals surface area contributed by atoms with Crippen LogP contribution >= 0.6 is 0 Å². The number of hydrogen-bond donors (Lipinski definition) is 0. The number of nitrogens with zero attached hydrogens (tertiary/aromatic N) is 1. The van der Waals surface area contributed by atoms with Gasteiger partial charge in [0.05, 0.1) is 0 Å². The summed E-state index contributed by atoms with van der Waals surface area (Å²) in [6.07, 6.45) is 5.85. The van der Waals surface area contributed by atoms with Crippen LogP contribution in [0, 0.1) is 0 Å². The highest BCUT2D eigenvalue weighted by molar-refractivity contribution is 5.09. The standard InChI is InChI=1S/C10H19N/c1-10(2,3)11-8-6-4-5-7-9(8)11/h8-9H,4-7H2,1-3H3/t8-,9-/m1/s1. The maximum atomic E-state index is 2.69. The van der Waals surface area contributed by atoms with E-state index in [9.17, 15) is 0 Å². The Morgan fingerprint density at radius 1 is 1.00 bits per heavy atom. The van der Waals surface area contributed by atoms with Crippen molar-refractivity contribution in [2.75, 3.05) is 0 Å². The topological polar surface area (TPSA) is 3.01 Å². The van der Waals surface area contributed by atoms with Crippen molar-refractivity contribution in [3.8, 4) is 0 Å². The van der Waals surface area contributed by atoms with Crippen LogP contribution in [0.2, 0.25) is 0 Å². The molecule has 0 N–H and O–H groups in total. The first kappa shape index (κ1) is 7.60. The number of likely N-dealkylation sites (tertiary alicyclic amines) is 1. The zero-order chi connectivity index (χ0) is 8.06. The molecule has 1 saturated heterocycles. The summed E-state index contributed by atoms with van der Waals surface area (Å²) in [6, 6.07) is 1.92. The lowest BCUT2D eigenvalue weighted by Crippen LogP contribution is -2.28. The van der Waals surface area contributed by atoms with Gasteiger partial charge in [0.15, 0.2) is 0 Å². The third-order valence-corrected chi connectivity index (χ3v) is 3.09. The Morgan fingerprint density at radius 2 is 1.45 bits per heavy atom. The molecule has 2 rings (SSSR count). The van der Waals surface area contributed by atoms with Crippen molar-refractivity contribution in [2.45, 2.75) is 64.1 Å². The highest BCUT2D eigenvalue weighted by atomic mass is 15.4. The monoisotopic (exact) mass is 153 g/mol. The Kier molecular flexibility index (Phi) is 1.54. The second-order valence-corrected chi connectivity index (χ2v) is 5.00. The molecular weight excluding hydrogens is 134 g/mol. The summed E-state index contributed by atoms with van der Waals surface area (Å²) in [6.45, 7) is 7.02. The van der Waals surface area contributed by atoms with Gasteiger partial charge in [-0.15, -0.1) is 0 Å². The molecule has 11 heavy (non-hydrogen) atoms. The molecule has 2 fully saturated rings. The Hall–Kier alpha value is -0.0400. The van der Waals surface area contributed by atoms with E-state index in [2.05, 4.69) is 25.7 Å². The third-order valence-electron chi connectivity index (χ3n) is 3.09. The molecule has 64 valence electrons. The molecule has 1 heteroatoms. The minimum Gasteiger partial charge on any atom is -0.289 e. The van der Waals surface area contributed by atoms with Gasteiger partial charge in [-0.05, 0) is 33.6 Å². The van der Waals surface area contributed by atoms with E-state index in [0.717, 1.165) is 12.1 Å². The molecule has 0 amide bonds. The molecule has 2 aliphatic rings. The van der Waals surface area contributed by atoms with E-state index < -0.39 is 0 Å². The molecule has 0 radical (unpaired) electrons. The number of rotatable bonds is 0. The van der Waals surface area contributed by atoms with E-state index in [1.54, 1.807) is 0 Å². The van der Waals surface area contributed by atoms with Gasteiger partial charge in [0.25, 0.3) is 0 Å². The van der Waals surface area contributed by atoms with Gasteiger partial charge in [0.1, 0.15) is 0 Å². The number of fused-ring (bicyclic) bond motifs is 1. The van der Waals surface area contributed by atoms with Crippen LogP contribution in [0.1, 0.15) is 46.5 Å². The average Bonchev–Trinajstić information content (AvgIpc) is 2.58. The summed E-state index contributed by atoms with van der Waals surface area (Å²) in [7, 11) is 0. The second kappa shape index (κ2) is 2.22. The molecule has 1 heterocycles. The molecule has 2 atom stereocenters. The fourth-order valence-corrected chi connectivity index (χ4v) is 2.70. The Morgan fingerprint density at radius 3 is 1.82 bits per heavy atom. The van der Waals surface area contributed by atoms with Crippen LogP contribution < -0.4 is 0 Å². The van der Waals surface area contributed by atoms with E-state index in [-0.39, 0.29) is 0 Å². The molecule has 0 aromatic carbocycles. The quantitative estimate of drug-likeness (QED) is 0.483. The Labute approximate surface area is 69.8 Å². The predicted molar refractivity (Wildman–Crippen MR) is 47.6 cm³/mol. The third kappa shape index (κ3) is 1.20. The van der Waals surface area contributed by atoms with Gasteiger partial charge in [-0.2, -0.15) is 0 Å². The zero-order valence-electron chi connectivity index (χ0n) is 7.93. The first-order chi connectivity index (χ1) is 5.11. The molecule has 1 aliphatic carbocycles. The van der Waals surface area contributed by atoms with Gasteiger partial charge in [0, 0.05) is 17.6 Å². The van der Waals surface area contributed by atoms with Gasteiger partial charge >= 0.3 is 0 Å². The lowest BCUT2D eigenvalue weighted by molar-refractivity contribution is 0.269. The minimum atomic E-state index is 0.430. The maximum Gasteiger partial charge on any atom is 0.0260 e. The van der Waals surface area contributed by atoms with Crippen LogP contribution in [0.25, 0.3) is 0 Å². The molecule has 0 bridgehead atoms. The van der Waals surface area contributed by atoms with Crippen molar-refractivity contribution in [3.63, 3.8) is 0 Å². The normalized spacial score (nSPS) is 43.4. The van der Waals surface area contributed by atoms with Gasteiger partial charge in [-0.25, -0.2) is 0 Å². The molecular formula is C10H19N. The van der Waals surface area contributed by atoms with Gasteiger partial charge in [0.2, 0.25) is 0 Å². The van der Waals surface area contributed by atoms with Gasteiger partial charge < -0.3 is 0 Å². The van der Waals surface area contributed by atoms with E-state index >= 15 is 0 Å². The Bertz CT molecular complexity index is 145. The van der Waals surface area contributed by atoms with Crippen LogP contribution in [0.5, 0.6) is 0 Å². The Balaban J connectivity index is 2.00. The smallest absolute Gasteiger partial charge is 0.0260 e. The van der Waals surface area contributed by atoms with Crippen molar-refractivity contribution >= 4 is 0 Å². The summed E-state index contributed by atoms with van der Waals surface area (Å²) in [5, 5.41) is 0. The fourth-order valence-electron chi connectivity index (χ4n) is 2.70. The van der Waals surface area contributed by atoms with Crippen molar-refractivity contribution in [3.05, 3.63) is 0 Å². The van der Waals surface area contributed by atoms with Crippen LogP contribution in [-0.2, 0) is 0 Å². The second-order valence-electron chi connectivity index (χ2n) is 5.00.